The molecular formula is C33H21BN6. The fourth-order valence-corrected chi connectivity index (χ4v) is 6.82. The first-order valence-corrected chi connectivity index (χ1v) is 13.4. The summed E-state index contributed by atoms with van der Waals surface area (Å²) in [6.07, 6.45) is 11.2. The average molecular weight is 512 g/mol. The molecule has 3 aliphatic heterocycles. The molecule has 6 nitrogen and oxygen atoms in total. The van der Waals surface area contributed by atoms with Gasteiger partial charge in [0, 0.05) is 88.4 Å². The van der Waals surface area contributed by atoms with Crippen molar-refractivity contribution in [3.63, 3.8) is 0 Å². The number of pyridine rings is 3. The predicted octanol–water partition coefficient (Wildman–Crippen LogP) is 5.74. The van der Waals surface area contributed by atoms with Crippen molar-refractivity contribution >= 4 is 74.3 Å². The van der Waals surface area contributed by atoms with E-state index in [4.69, 9.17) is 0 Å². The second kappa shape index (κ2) is 8.04. The summed E-state index contributed by atoms with van der Waals surface area (Å²) in [4.78, 5) is 20.1. The monoisotopic (exact) mass is 512 g/mol. The highest BCUT2D eigenvalue weighted by molar-refractivity contribution is 7.02. The molecule has 40 heavy (non-hydrogen) atoms. The Labute approximate surface area is 231 Å². The van der Waals surface area contributed by atoms with Gasteiger partial charge in [0.2, 0.25) is 0 Å². The molecule has 0 unspecified atom stereocenters. The van der Waals surface area contributed by atoms with E-state index < -0.39 is 0 Å². The zero-order chi connectivity index (χ0) is 26.2. The summed E-state index contributed by atoms with van der Waals surface area (Å²) in [5.74, 6) is 0. The Kier molecular flexibility index (Phi) is 4.32. The number of hydrogen-bond donors (Lipinski definition) is 0. The van der Waals surface area contributed by atoms with Crippen LogP contribution in [0.1, 0.15) is 0 Å². The summed E-state index contributed by atoms with van der Waals surface area (Å²) in [5.41, 5.74) is 14.3. The summed E-state index contributed by atoms with van der Waals surface area (Å²) in [6, 6.07) is 32.6. The van der Waals surface area contributed by atoms with E-state index in [2.05, 4.69) is 121 Å². The van der Waals surface area contributed by atoms with E-state index in [0.717, 1.165) is 17.1 Å². The number of nitrogens with zero attached hydrogens (tertiary/aromatic N) is 6. The topological polar surface area (TPSA) is 48.4 Å². The highest BCUT2D eigenvalue weighted by atomic mass is 15.2. The minimum absolute atomic E-state index is 0.0952. The molecule has 6 aromatic rings. The number of hydrogen-bond acceptors (Lipinski definition) is 6. The Morgan fingerprint density at radius 3 is 0.850 bits per heavy atom. The molecular weight excluding hydrogens is 491 g/mol. The van der Waals surface area contributed by atoms with E-state index in [1.165, 1.54) is 50.5 Å². The van der Waals surface area contributed by atoms with Crippen LogP contribution in [0.5, 0.6) is 0 Å². The Morgan fingerprint density at radius 2 is 0.600 bits per heavy atom. The summed E-state index contributed by atoms with van der Waals surface area (Å²) in [5, 5.41) is 0. The van der Waals surface area contributed by atoms with E-state index in [1.807, 2.05) is 37.2 Å². The van der Waals surface area contributed by atoms with Gasteiger partial charge in [0.25, 0.3) is 6.71 Å². The maximum atomic E-state index is 4.32. The lowest BCUT2D eigenvalue weighted by Crippen LogP contribution is -2.64. The minimum atomic E-state index is 0.0952. The largest absolute Gasteiger partial charge is 0.311 e. The smallest absolute Gasteiger partial charge is 0.257 e. The van der Waals surface area contributed by atoms with Gasteiger partial charge < -0.3 is 14.7 Å². The van der Waals surface area contributed by atoms with Crippen LogP contribution in [0.4, 0.5) is 51.2 Å². The standard InChI is InChI=1S/C33H21BN6/c1-4-25-31-26(5-1)39(23-12-18-36-19-13-23)28-7-3-9-30-33(28)34(31)32-27(38(25)22-10-16-35-17-11-22)6-2-8-29(32)40(30)24-14-20-37-21-15-24/h1-21H. The number of rotatable bonds is 3. The maximum absolute atomic E-state index is 4.32. The molecule has 0 saturated carbocycles. The first-order chi connectivity index (χ1) is 19.9. The van der Waals surface area contributed by atoms with Crippen LogP contribution in [0.25, 0.3) is 0 Å². The number of benzene rings is 3. The quantitative estimate of drug-likeness (QED) is 0.282. The summed E-state index contributed by atoms with van der Waals surface area (Å²) < 4.78 is 0. The maximum Gasteiger partial charge on any atom is 0.257 e. The van der Waals surface area contributed by atoms with E-state index in [0.29, 0.717) is 0 Å². The van der Waals surface area contributed by atoms with Gasteiger partial charge in [0.05, 0.1) is 0 Å². The van der Waals surface area contributed by atoms with Crippen LogP contribution < -0.4 is 31.1 Å². The fourth-order valence-electron chi connectivity index (χ4n) is 6.82. The molecule has 0 fully saturated rings. The van der Waals surface area contributed by atoms with E-state index >= 15 is 0 Å². The van der Waals surface area contributed by atoms with Crippen LogP contribution in [-0.4, -0.2) is 21.7 Å². The lowest BCUT2D eigenvalue weighted by atomic mass is 9.32. The third-order valence-electron chi connectivity index (χ3n) is 8.25. The fraction of sp³-hybridized carbons (Fsp3) is 0. The molecule has 186 valence electrons. The molecule has 3 aliphatic rings. The molecule has 0 atom stereocenters. The summed E-state index contributed by atoms with van der Waals surface area (Å²) in [7, 11) is 0. The van der Waals surface area contributed by atoms with Crippen molar-refractivity contribution < 1.29 is 0 Å². The third kappa shape index (κ3) is 2.75. The zero-order valence-corrected chi connectivity index (χ0v) is 21.4. The molecule has 0 amide bonds. The molecule has 3 aromatic carbocycles. The van der Waals surface area contributed by atoms with Crippen molar-refractivity contribution in [2.45, 2.75) is 0 Å². The zero-order valence-electron chi connectivity index (χ0n) is 21.4. The molecule has 0 radical (unpaired) electrons. The van der Waals surface area contributed by atoms with Crippen molar-refractivity contribution in [2.75, 3.05) is 14.7 Å². The number of aromatic nitrogens is 3. The lowest BCUT2D eigenvalue weighted by molar-refractivity contribution is 1.20. The normalized spacial score (nSPS) is 13.8. The Bertz CT molecular complexity index is 1640. The van der Waals surface area contributed by atoms with Crippen molar-refractivity contribution in [1.82, 2.24) is 15.0 Å². The van der Waals surface area contributed by atoms with Crippen molar-refractivity contribution in [3.8, 4) is 0 Å². The minimum Gasteiger partial charge on any atom is -0.311 e. The van der Waals surface area contributed by atoms with Crippen LogP contribution in [-0.2, 0) is 0 Å². The molecule has 7 heteroatoms. The Hall–Kier alpha value is -5.43. The van der Waals surface area contributed by atoms with Crippen LogP contribution in [0.3, 0.4) is 0 Å². The highest BCUT2D eigenvalue weighted by Gasteiger charge is 2.48. The second-order valence-corrected chi connectivity index (χ2v) is 10.2. The molecule has 0 N–H and O–H groups in total. The van der Waals surface area contributed by atoms with Gasteiger partial charge in [-0.3, -0.25) is 15.0 Å². The van der Waals surface area contributed by atoms with Gasteiger partial charge in [-0.1, -0.05) is 18.2 Å². The summed E-state index contributed by atoms with van der Waals surface area (Å²) in [6.45, 7) is 0.0952. The first-order valence-electron chi connectivity index (χ1n) is 13.4. The van der Waals surface area contributed by atoms with Crippen LogP contribution in [0, 0.1) is 0 Å². The average Bonchev–Trinajstić information content (AvgIpc) is 3.03. The Morgan fingerprint density at radius 1 is 0.350 bits per heavy atom. The molecule has 0 aliphatic carbocycles. The van der Waals surface area contributed by atoms with Gasteiger partial charge >= 0.3 is 0 Å². The van der Waals surface area contributed by atoms with Crippen molar-refractivity contribution in [1.29, 1.82) is 0 Å². The molecule has 0 saturated heterocycles. The highest BCUT2D eigenvalue weighted by Crippen LogP contribution is 2.49. The second-order valence-electron chi connectivity index (χ2n) is 10.2. The van der Waals surface area contributed by atoms with E-state index in [9.17, 15) is 0 Å². The van der Waals surface area contributed by atoms with Crippen LogP contribution in [0.15, 0.2) is 128 Å². The van der Waals surface area contributed by atoms with E-state index in [-0.39, 0.29) is 6.71 Å². The van der Waals surface area contributed by atoms with Crippen LogP contribution >= 0.6 is 0 Å². The van der Waals surface area contributed by atoms with E-state index in [1.54, 1.807) is 0 Å². The third-order valence-corrected chi connectivity index (χ3v) is 8.25. The van der Waals surface area contributed by atoms with Crippen molar-refractivity contribution in [3.05, 3.63) is 128 Å². The van der Waals surface area contributed by atoms with Crippen LogP contribution in [0.2, 0.25) is 0 Å². The first kappa shape index (κ1) is 21.5. The molecule has 9 rings (SSSR count). The lowest BCUT2D eigenvalue weighted by Gasteiger charge is -2.49. The molecule has 6 heterocycles. The number of anilines is 9. The van der Waals surface area contributed by atoms with Gasteiger partial charge in [0.1, 0.15) is 0 Å². The SMILES string of the molecule is c1cc2c3c(c1)N(c1ccncc1)c1cccc4c1B3c1c(cccc1N4c1ccncc1)N2c1ccncc1. The Balaban J connectivity index is 1.44. The predicted molar refractivity (Wildman–Crippen MR) is 162 cm³/mol. The molecule has 3 aromatic heterocycles. The van der Waals surface area contributed by atoms with Gasteiger partial charge in [-0.2, -0.15) is 0 Å². The summed E-state index contributed by atoms with van der Waals surface area (Å²) >= 11 is 0. The van der Waals surface area contributed by atoms with Gasteiger partial charge in [-0.15, -0.1) is 0 Å². The van der Waals surface area contributed by atoms with Gasteiger partial charge in [-0.25, -0.2) is 0 Å². The van der Waals surface area contributed by atoms with Gasteiger partial charge in [0.15, 0.2) is 0 Å². The molecule has 0 bridgehead atoms. The molecule has 0 spiro atoms. The van der Waals surface area contributed by atoms with Crippen molar-refractivity contribution in [2.24, 2.45) is 0 Å². The van der Waals surface area contributed by atoms with Gasteiger partial charge in [-0.05, 0) is 89.2 Å².